The standard InChI is InChI=1S/C7H15ClO/c1-6(2)7(4-8)5-9-3/h6-7H,4-5H2,1-3H3. The molecule has 0 aromatic heterocycles. The van der Waals surface area contributed by atoms with E-state index in [1.165, 1.54) is 0 Å². The summed E-state index contributed by atoms with van der Waals surface area (Å²) in [5.41, 5.74) is 0. The van der Waals surface area contributed by atoms with Gasteiger partial charge in [-0.2, -0.15) is 0 Å². The molecule has 0 aromatic carbocycles. The number of hydrogen-bond acceptors (Lipinski definition) is 1. The summed E-state index contributed by atoms with van der Waals surface area (Å²) in [7, 11) is 1.71. The highest BCUT2D eigenvalue weighted by Crippen LogP contribution is 2.11. The van der Waals surface area contributed by atoms with Crippen molar-refractivity contribution < 1.29 is 4.74 Å². The number of hydrogen-bond donors (Lipinski definition) is 0. The molecule has 9 heavy (non-hydrogen) atoms. The van der Waals surface area contributed by atoms with Crippen molar-refractivity contribution in [2.45, 2.75) is 13.8 Å². The molecule has 0 spiro atoms. The number of halogens is 1. The Morgan fingerprint density at radius 1 is 1.44 bits per heavy atom. The maximum absolute atomic E-state index is 5.66. The molecule has 0 saturated carbocycles. The van der Waals surface area contributed by atoms with Crippen LogP contribution in [-0.4, -0.2) is 19.6 Å². The van der Waals surface area contributed by atoms with Crippen LogP contribution in [0.5, 0.6) is 0 Å². The lowest BCUT2D eigenvalue weighted by atomic mass is 9.99. The van der Waals surface area contributed by atoms with Crippen molar-refractivity contribution in [1.82, 2.24) is 0 Å². The molecular formula is C7H15ClO. The minimum absolute atomic E-state index is 0.511. The molecule has 0 heterocycles. The summed E-state index contributed by atoms with van der Waals surface area (Å²) in [6, 6.07) is 0. The van der Waals surface area contributed by atoms with E-state index in [1.807, 2.05) is 0 Å². The topological polar surface area (TPSA) is 9.23 Å². The van der Waals surface area contributed by atoms with Crippen LogP contribution in [0.2, 0.25) is 0 Å². The Morgan fingerprint density at radius 3 is 2.11 bits per heavy atom. The fraction of sp³-hybridized carbons (Fsp3) is 1.00. The molecule has 0 aliphatic rings. The molecule has 1 unspecified atom stereocenters. The van der Waals surface area contributed by atoms with Gasteiger partial charge in [0, 0.05) is 13.0 Å². The number of alkyl halides is 1. The molecule has 0 aliphatic carbocycles. The van der Waals surface area contributed by atoms with Crippen LogP contribution in [0.15, 0.2) is 0 Å². The molecule has 0 bridgehead atoms. The van der Waals surface area contributed by atoms with Crippen LogP contribution in [0.3, 0.4) is 0 Å². The minimum Gasteiger partial charge on any atom is -0.384 e. The molecule has 56 valence electrons. The summed E-state index contributed by atoms with van der Waals surface area (Å²) < 4.78 is 4.97. The fourth-order valence-electron chi connectivity index (χ4n) is 0.629. The van der Waals surface area contributed by atoms with Crippen molar-refractivity contribution in [3.05, 3.63) is 0 Å². The average Bonchev–Trinajstić information content (AvgIpc) is 1.82. The maximum Gasteiger partial charge on any atom is 0.0504 e. The second kappa shape index (κ2) is 5.07. The van der Waals surface area contributed by atoms with Gasteiger partial charge >= 0.3 is 0 Å². The Morgan fingerprint density at radius 2 is 2.00 bits per heavy atom. The van der Waals surface area contributed by atoms with Gasteiger partial charge in [0.15, 0.2) is 0 Å². The first-order valence-corrected chi connectivity index (χ1v) is 3.80. The Kier molecular flexibility index (Phi) is 5.21. The first-order valence-electron chi connectivity index (χ1n) is 3.27. The second-order valence-corrected chi connectivity index (χ2v) is 2.92. The van der Waals surface area contributed by atoms with Gasteiger partial charge in [0.2, 0.25) is 0 Å². The van der Waals surface area contributed by atoms with Gasteiger partial charge in [-0.3, -0.25) is 0 Å². The van der Waals surface area contributed by atoms with Crippen molar-refractivity contribution in [2.75, 3.05) is 19.6 Å². The Bertz CT molecular complexity index is 63.9. The Hall–Kier alpha value is 0.250. The SMILES string of the molecule is COCC(CCl)C(C)C. The zero-order chi connectivity index (χ0) is 7.28. The van der Waals surface area contributed by atoms with E-state index in [-0.39, 0.29) is 0 Å². The first kappa shape index (κ1) is 9.25. The van der Waals surface area contributed by atoms with E-state index < -0.39 is 0 Å². The summed E-state index contributed by atoms with van der Waals surface area (Å²) in [5, 5.41) is 0. The lowest BCUT2D eigenvalue weighted by molar-refractivity contribution is 0.140. The zero-order valence-electron chi connectivity index (χ0n) is 6.36. The first-order chi connectivity index (χ1) is 4.22. The highest BCUT2D eigenvalue weighted by atomic mass is 35.5. The van der Waals surface area contributed by atoms with E-state index in [4.69, 9.17) is 16.3 Å². The molecule has 0 aliphatic heterocycles. The molecule has 0 aromatic rings. The van der Waals surface area contributed by atoms with Gasteiger partial charge in [-0.25, -0.2) is 0 Å². The predicted octanol–water partition coefficient (Wildman–Crippen LogP) is 2.14. The summed E-state index contributed by atoms with van der Waals surface area (Å²) in [6.45, 7) is 5.10. The largest absolute Gasteiger partial charge is 0.384 e. The van der Waals surface area contributed by atoms with Crippen LogP contribution in [-0.2, 0) is 4.74 Å². The highest BCUT2D eigenvalue weighted by Gasteiger charge is 2.10. The summed E-state index contributed by atoms with van der Waals surface area (Å²) in [6.07, 6.45) is 0. The quantitative estimate of drug-likeness (QED) is 0.558. The number of methoxy groups -OCH3 is 1. The maximum atomic E-state index is 5.66. The second-order valence-electron chi connectivity index (χ2n) is 2.61. The van der Waals surface area contributed by atoms with Crippen LogP contribution in [0.4, 0.5) is 0 Å². The lowest BCUT2D eigenvalue weighted by Crippen LogP contribution is -2.16. The van der Waals surface area contributed by atoms with E-state index in [0.717, 1.165) is 6.61 Å². The molecule has 2 heteroatoms. The Labute approximate surface area is 62.3 Å². The molecular weight excluding hydrogens is 136 g/mol. The van der Waals surface area contributed by atoms with Crippen LogP contribution >= 0.6 is 11.6 Å². The van der Waals surface area contributed by atoms with Crippen LogP contribution in [0.25, 0.3) is 0 Å². The lowest BCUT2D eigenvalue weighted by Gasteiger charge is -2.15. The Balaban J connectivity index is 3.41. The van der Waals surface area contributed by atoms with Crippen molar-refractivity contribution >= 4 is 11.6 Å². The van der Waals surface area contributed by atoms with Gasteiger partial charge in [-0.15, -0.1) is 11.6 Å². The third kappa shape index (κ3) is 3.77. The molecule has 0 rings (SSSR count). The van der Waals surface area contributed by atoms with Crippen LogP contribution in [0, 0.1) is 11.8 Å². The van der Waals surface area contributed by atoms with Crippen molar-refractivity contribution in [2.24, 2.45) is 11.8 Å². The van der Waals surface area contributed by atoms with E-state index in [9.17, 15) is 0 Å². The normalized spacial score (nSPS) is 14.3. The van der Waals surface area contributed by atoms with Gasteiger partial charge in [-0.05, 0) is 11.8 Å². The van der Waals surface area contributed by atoms with Gasteiger partial charge in [0.05, 0.1) is 6.61 Å². The zero-order valence-corrected chi connectivity index (χ0v) is 7.11. The molecule has 0 saturated heterocycles. The summed E-state index contributed by atoms with van der Waals surface area (Å²) >= 11 is 5.66. The third-order valence-corrected chi connectivity index (χ3v) is 1.92. The molecule has 0 amide bonds. The number of ether oxygens (including phenoxy) is 1. The highest BCUT2D eigenvalue weighted by molar-refractivity contribution is 6.18. The van der Waals surface area contributed by atoms with Crippen LogP contribution < -0.4 is 0 Å². The summed E-state index contributed by atoms with van der Waals surface area (Å²) in [5.74, 6) is 1.84. The third-order valence-electron chi connectivity index (χ3n) is 1.52. The van der Waals surface area contributed by atoms with Gasteiger partial charge in [0.25, 0.3) is 0 Å². The molecule has 1 atom stereocenters. The predicted molar refractivity (Wildman–Crippen MR) is 40.9 cm³/mol. The minimum atomic E-state index is 0.511. The van der Waals surface area contributed by atoms with Crippen molar-refractivity contribution in [1.29, 1.82) is 0 Å². The fourth-order valence-corrected chi connectivity index (χ4v) is 1.07. The van der Waals surface area contributed by atoms with E-state index in [0.29, 0.717) is 17.7 Å². The molecule has 0 N–H and O–H groups in total. The molecule has 1 nitrogen and oxygen atoms in total. The summed E-state index contributed by atoms with van der Waals surface area (Å²) in [4.78, 5) is 0. The molecule has 0 fully saturated rings. The van der Waals surface area contributed by atoms with Crippen LogP contribution in [0.1, 0.15) is 13.8 Å². The molecule has 0 radical (unpaired) electrons. The van der Waals surface area contributed by atoms with E-state index in [1.54, 1.807) is 7.11 Å². The van der Waals surface area contributed by atoms with Crippen molar-refractivity contribution in [3.63, 3.8) is 0 Å². The van der Waals surface area contributed by atoms with E-state index >= 15 is 0 Å². The smallest absolute Gasteiger partial charge is 0.0504 e. The van der Waals surface area contributed by atoms with Gasteiger partial charge < -0.3 is 4.74 Å². The van der Waals surface area contributed by atoms with E-state index in [2.05, 4.69) is 13.8 Å². The number of rotatable bonds is 4. The van der Waals surface area contributed by atoms with Gasteiger partial charge in [0.1, 0.15) is 0 Å². The average molecular weight is 151 g/mol. The monoisotopic (exact) mass is 150 g/mol. The van der Waals surface area contributed by atoms with Crippen molar-refractivity contribution in [3.8, 4) is 0 Å². The van der Waals surface area contributed by atoms with Gasteiger partial charge in [-0.1, -0.05) is 13.8 Å².